The number of rotatable bonds is 4. The minimum atomic E-state index is -0.0728. The van der Waals surface area contributed by atoms with Crippen LogP contribution in [0.3, 0.4) is 0 Å². The average molecular weight is 391 g/mol. The van der Waals surface area contributed by atoms with Gasteiger partial charge in [0, 0.05) is 22.7 Å². The summed E-state index contributed by atoms with van der Waals surface area (Å²) in [5.74, 6) is 0.567. The van der Waals surface area contributed by atoms with Crippen LogP contribution >= 0.6 is 11.6 Å². The van der Waals surface area contributed by atoms with Crippen molar-refractivity contribution in [2.75, 3.05) is 5.73 Å². The number of ether oxygens (including phenoxy) is 1. The summed E-state index contributed by atoms with van der Waals surface area (Å²) in [5, 5.41) is 1.48. The van der Waals surface area contributed by atoms with Crippen molar-refractivity contribution in [2.45, 2.75) is 20.0 Å². The number of hydrogen-bond acceptors (Lipinski definition) is 5. The van der Waals surface area contributed by atoms with Gasteiger partial charge in [-0.15, -0.1) is 0 Å². The van der Waals surface area contributed by atoms with E-state index in [1.165, 1.54) is 0 Å². The number of nitrogen functional groups attached to an aromatic ring is 1. The quantitative estimate of drug-likeness (QED) is 0.506. The minimum absolute atomic E-state index is 0.0728. The standard InChI is InChI=1S/C22H19ClN4O/c1-13(2)28-22-21(24)26-19(14-7-4-3-5-8-14)20(27-22)16-11-15-9-6-10-25-18(15)17(23)12-16/h3-13H,1-2H3,(H2,24,26). The van der Waals surface area contributed by atoms with Crippen LogP contribution in [0.25, 0.3) is 33.4 Å². The highest BCUT2D eigenvalue weighted by atomic mass is 35.5. The highest BCUT2D eigenvalue weighted by Crippen LogP contribution is 2.36. The third kappa shape index (κ3) is 3.49. The number of hydrogen-bond donors (Lipinski definition) is 1. The molecule has 6 heteroatoms. The number of nitrogens with two attached hydrogens (primary N) is 1. The van der Waals surface area contributed by atoms with Crippen molar-refractivity contribution in [1.82, 2.24) is 15.0 Å². The van der Waals surface area contributed by atoms with Crippen molar-refractivity contribution in [3.63, 3.8) is 0 Å². The van der Waals surface area contributed by atoms with Crippen LogP contribution in [0, 0.1) is 0 Å². The summed E-state index contributed by atoms with van der Waals surface area (Å²) in [6, 6.07) is 17.5. The number of aromatic nitrogens is 3. The molecular formula is C22H19ClN4O. The van der Waals surface area contributed by atoms with Crippen LogP contribution in [-0.2, 0) is 0 Å². The van der Waals surface area contributed by atoms with E-state index in [1.807, 2.05) is 68.4 Å². The zero-order valence-corrected chi connectivity index (χ0v) is 16.3. The van der Waals surface area contributed by atoms with Crippen LogP contribution in [0.1, 0.15) is 13.8 Å². The molecule has 4 rings (SSSR count). The molecule has 140 valence electrons. The largest absolute Gasteiger partial charge is 0.472 e. The van der Waals surface area contributed by atoms with Crippen molar-refractivity contribution in [1.29, 1.82) is 0 Å². The second kappa shape index (κ2) is 7.44. The zero-order valence-electron chi connectivity index (χ0n) is 15.6. The Balaban J connectivity index is 1.98. The van der Waals surface area contributed by atoms with Crippen molar-refractivity contribution >= 4 is 28.3 Å². The summed E-state index contributed by atoms with van der Waals surface area (Å²) in [5.41, 5.74) is 9.95. The van der Waals surface area contributed by atoms with Crippen molar-refractivity contribution in [3.8, 4) is 28.4 Å². The van der Waals surface area contributed by atoms with Crippen LogP contribution in [0.2, 0.25) is 5.02 Å². The van der Waals surface area contributed by atoms with E-state index in [1.54, 1.807) is 6.20 Å². The summed E-state index contributed by atoms with van der Waals surface area (Å²) in [6.45, 7) is 3.84. The van der Waals surface area contributed by atoms with E-state index in [2.05, 4.69) is 9.97 Å². The molecule has 28 heavy (non-hydrogen) atoms. The normalized spacial score (nSPS) is 11.1. The zero-order chi connectivity index (χ0) is 19.7. The number of anilines is 1. The van der Waals surface area contributed by atoms with E-state index < -0.39 is 0 Å². The highest BCUT2D eigenvalue weighted by Gasteiger charge is 2.18. The molecule has 0 amide bonds. The Morgan fingerprint density at radius 1 is 0.929 bits per heavy atom. The van der Waals surface area contributed by atoms with Gasteiger partial charge in [0.1, 0.15) is 5.69 Å². The van der Waals surface area contributed by atoms with E-state index in [9.17, 15) is 0 Å². The molecule has 5 nitrogen and oxygen atoms in total. The molecular weight excluding hydrogens is 372 g/mol. The molecule has 0 bridgehead atoms. The van der Waals surface area contributed by atoms with Gasteiger partial charge in [-0.1, -0.05) is 48.0 Å². The molecule has 2 aromatic heterocycles. The molecule has 0 unspecified atom stereocenters. The predicted molar refractivity (Wildman–Crippen MR) is 113 cm³/mol. The van der Waals surface area contributed by atoms with E-state index in [0.29, 0.717) is 22.3 Å². The second-order valence-corrected chi connectivity index (χ2v) is 7.08. The van der Waals surface area contributed by atoms with Gasteiger partial charge in [0.05, 0.1) is 22.3 Å². The monoisotopic (exact) mass is 390 g/mol. The lowest BCUT2D eigenvalue weighted by molar-refractivity contribution is 0.233. The fraction of sp³-hybridized carbons (Fsp3) is 0.136. The van der Waals surface area contributed by atoms with Gasteiger partial charge in [-0.3, -0.25) is 4.98 Å². The molecule has 0 radical (unpaired) electrons. The Morgan fingerprint density at radius 2 is 1.68 bits per heavy atom. The van der Waals surface area contributed by atoms with Gasteiger partial charge < -0.3 is 10.5 Å². The lowest BCUT2D eigenvalue weighted by Gasteiger charge is -2.15. The molecule has 0 aliphatic heterocycles. The van der Waals surface area contributed by atoms with Gasteiger partial charge in [0.15, 0.2) is 5.82 Å². The van der Waals surface area contributed by atoms with Gasteiger partial charge in [-0.25, -0.2) is 9.97 Å². The number of benzene rings is 2. The lowest BCUT2D eigenvalue weighted by Crippen LogP contribution is -2.11. The maximum Gasteiger partial charge on any atom is 0.258 e. The maximum absolute atomic E-state index is 6.50. The second-order valence-electron chi connectivity index (χ2n) is 6.68. The van der Waals surface area contributed by atoms with E-state index >= 15 is 0 Å². The molecule has 0 fully saturated rings. The number of fused-ring (bicyclic) bond motifs is 1. The Kier molecular flexibility index (Phi) is 4.84. The summed E-state index contributed by atoms with van der Waals surface area (Å²) in [6.07, 6.45) is 1.65. The van der Waals surface area contributed by atoms with Crippen molar-refractivity contribution in [3.05, 3.63) is 65.8 Å². The van der Waals surface area contributed by atoms with Gasteiger partial charge in [0.25, 0.3) is 5.88 Å². The first kappa shape index (κ1) is 18.2. The Hall–Kier alpha value is -3.18. The van der Waals surface area contributed by atoms with Crippen LogP contribution < -0.4 is 10.5 Å². The van der Waals surface area contributed by atoms with Gasteiger partial charge >= 0.3 is 0 Å². The average Bonchev–Trinajstić information content (AvgIpc) is 2.69. The molecule has 0 saturated heterocycles. The Bertz CT molecular complexity index is 1150. The summed E-state index contributed by atoms with van der Waals surface area (Å²) < 4.78 is 5.77. The van der Waals surface area contributed by atoms with Gasteiger partial charge in [-0.05, 0) is 32.0 Å². The van der Waals surface area contributed by atoms with Gasteiger partial charge in [0.2, 0.25) is 0 Å². The molecule has 0 aliphatic rings. The fourth-order valence-corrected chi connectivity index (χ4v) is 3.30. The topological polar surface area (TPSA) is 73.9 Å². The maximum atomic E-state index is 6.50. The van der Waals surface area contributed by atoms with Crippen molar-refractivity contribution in [2.24, 2.45) is 0 Å². The number of halogens is 1. The molecule has 2 N–H and O–H groups in total. The molecule has 0 atom stereocenters. The Morgan fingerprint density at radius 3 is 2.43 bits per heavy atom. The summed E-state index contributed by atoms with van der Waals surface area (Å²) in [4.78, 5) is 13.7. The highest BCUT2D eigenvalue weighted by molar-refractivity contribution is 6.35. The SMILES string of the molecule is CC(C)Oc1nc(-c2cc(Cl)c3ncccc3c2)c(-c2ccccc2)nc1N. The van der Waals surface area contributed by atoms with Crippen molar-refractivity contribution < 1.29 is 4.74 Å². The third-order valence-electron chi connectivity index (χ3n) is 4.22. The first-order valence-corrected chi connectivity index (χ1v) is 9.35. The predicted octanol–water partition coefficient (Wildman–Crippen LogP) is 5.38. The van der Waals surface area contributed by atoms with E-state index in [0.717, 1.165) is 22.0 Å². The Labute approximate surface area is 168 Å². The number of pyridine rings is 1. The van der Waals surface area contributed by atoms with E-state index in [4.69, 9.17) is 27.1 Å². The lowest BCUT2D eigenvalue weighted by atomic mass is 10.0. The molecule has 0 saturated carbocycles. The third-order valence-corrected chi connectivity index (χ3v) is 4.50. The molecule has 2 heterocycles. The fourth-order valence-electron chi connectivity index (χ4n) is 3.03. The van der Waals surface area contributed by atoms with Crippen LogP contribution in [0.5, 0.6) is 5.88 Å². The molecule has 0 aliphatic carbocycles. The molecule has 0 spiro atoms. The first-order valence-electron chi connectivity index (χ1n) is 8.97. The first-order chi connectivity index (χ1) is 13.5. The van der Waals surface area contributed by atoms with E-state index in [-0.39, 0.29) is 11.9 Å². The molecule has 4 aromatic rings. The summed E-state index contributed by atoms with van der Waals surface area (Å²) >= 11 is 6.50. The number of nitrogens with zero attached hydrogens (tertiary/aromatic N) is 3. The van der Waals surface area contributed by atoms with Gasteiger partial charge in [-0.2, -0.15) is 0 Å². The summed E-state index contributed by atoms with van der Waals surface area (Å²) in [7, 11) is 0. The van der Waals surface area contributed by atoms with Crippen LogP contribution in [-0.4, -0.2) is 21.1 Å². The van der Waals surface area contributed by atoms with Crippen LogP contribution in [0.4, 0.5) is 5.82 Å². The van der Waals surface area contributed by atoms with Crippen LogP contribution in [0.15, 0.2) is 60.8 Å². The minimum Gasteiger partial charge on any atom is -0.472 e. The molecule has 2 aromatic carbocycles. The smallest absolute Gasteiger partial charge is 0.258 e.